The topological polar surface area (TPSA) is 73.3 Å². The van der Waals surface area contributed by atoms with Gasteiger partial charge >= 0.3 is 5.97 Å². The standard InChI is InChI=1S/C13H17N3O3/c1-18-13(17)12-14-6-4-10(16-12)15-9-5-7-19-11(9)8-2-3-8/h4,6,8-9,11H,2-3,5,7H2,1H3,(H,14,15,16). The predicted octanol–water partition coefficient (Wildman–Crippen LogP) is 1.24. The number of carbonyl (C=O) groups excluding carboxylic acids is 1. The fourth-order valence-electron chi connectivity index (χ4n) is 2.47. The van der Waals surface area contributed by atoms with Crippen molar-refractivity contribution >= 4 is 11.8 Å². The zero-order valence-corrected chi connectivity index (χ0v) is 10.8. The number of nitrogens with zero attached hydrogens (tertiary/aromatic N) is 2. The van der Waals surface area contributed by atoms with Crippen molar-refractivity contribution in [1.82, 2.24) is 9.97 Å². The Labute approximate surface area is 111 Å². The lowest BCUT2D eigenvalue weighted by atomic mass is 10.1. The number of rotatable bonds is 4. The monoisotopic (exact) mass is 263 g/mol. The molecule has 2 fully saturated rings. The van der Waals surface area contributed by atoms with Gasteiger partial charge < -0.3 is 14.8 Å². The van der Waals surface area contributed by atoms with Crippen LogP contribution in [0.25, 0.3) is 0 Å². The molecule has 6 heteroatoms. The first-order valence-electron chi connectivity index (χ1n) is 6.57. The van der Waals surface area contributed by atoms with Crippen LogP contribution in [-0.2, 0) is 9.47 Å². The number of methoxy groups -OCH3 is 1. The van der Waals surface area contributed by atoms with Crippen LogP contribution in [0.5, 0.6) is 0 Å². The Bertz CT molecular complexity index is 476. The van der Waals surface area contributed by atoms with E-state index in [0.29, 0.717) is 11.7 Å². The Morgan fingerprint density at radius 3 is 3.05 bits per heavy atom. The molecule has 1 saturated carbocycles. The average Bonchev–Trinajstić information content (AvgIpc) is 3.19. The Kier molecular flexibility index (Phi) is 3.33. The summed E-state index contributed by atoms with van der Waals surface area (Å²) in [5.41, 5.74) is 0. The summed E-state index contributed by atoms with van der Waals surface area (Å²) in [6.07, 6.45) is 5.30. The third-order valence-corrected chi connectivity index (χ3v) is 3.58. The quantitative estimate of drug-likeness (QED) is 0.824. The number of aromatic nitrogens is 2. The molecule has 1 aliphatic heterocycles. The van der Waals surface area contributed by atoms with Gasteiger partial charge in [0.25, 0.3) is 0 Å². The zero-order valence-electron chi connectivity index (χ0n) is 10.8. The van der Waals surface area contributed by atoms with Crippen molar-refractivity contribution in [3.63, 3.8) is 0 Å². The second-order valence-corrected chi connectivity index (χ2v) is 4.97. The van der Waals surface area contributed by atoms with E-state index in [1.54, 1.807) is 12.3 Å². The van der Waals surface area contributed by atoms with Crippen LogP contribution < -0.4 is 5.32 Å². The molecular weight excluding hydrogens is 246 g/mol. The summed E-state index contributed by atoms with van der Waals surface area (Å²) in [5.74, 6) is 0.887. The molecule has 1 saturated heterocycles. The van der Waals surface area contributed by atoms with Crippen LogP contribution in [0.4, 0.5) is 5.82 Å². The molecule has 0 bridgehead atoms. The van der Waals surface area contributed by atoms with Gasteiger partial charge in [-0.25, -0.2) is 14.8 Å². The summed E-state index contributed by atoms with van der Waals surface area (Å²) in [4.78, 5) is 19.4. The minimum atomic E-state index is -0.523. The summed E-state index contributed by atoms with van der Waals surface area (Å²) >= 11 is 0. The summed E-state index contributed by atoms with van der Waals surface area (Å²) < 4.78 is 10.4. The maximum atomic E-state index is 11.4. The van der Waals surface area contributed by atoms with Crippen LogP contribution >= 0.6 is 0 Å². The van der Waals surface area contributed by atoms with Gasteiger partial charge in [-0.2, -0.15) is 0 Å². The first-order chi connectivity index (χ1) is 9.28. The Morgan fingerprint density at radius 1 is 1.47 bits per heavy atom. The molecule has 2 atom stereocenters. The molecule has 2 heterocycles. The molecule has 1 aromatic rings. The van der Waals surface area contributed by atoms with E-state index >= 15 is 0 Å². The number of nitrogens with one attached hydrogen (secondary N) is 1. The Morgan fingerprint density at radius 2 is 2.32 bits per heavy atom. The molecule has 0 spiro atoms. The molecule has 2 unspecified atom stereocenters. The fraction of sp³-hybridized carbons (Fsp3) is 0.615. The molecule has 0 aromatic carbocycles. The van der Waals surface area contributed by atoms with Gasteiger partial charge in [-0.15, -0.1) is 0 Å². The minimum Gasteiger partial charge on any atom is -0.463 e. The van der Waals surface area contributed by atoms with Crippen molar-refractivity contribution in [3.05, 3.63) is 18.1 Å². The number of hydrogen-bond acceptors (Lipinski definition) is 6. The van der Waals surface area contributed by atoms with Crippen LogP contribution in [0, 0.1) is 5.92 Å². The lowest BCUT2D eigenvalue weighted by Crippen LogP contribution is -2.31. The van der Waals surface area contributed by atoms with Gasteiger partial charge in [-0.1, -0.05) is 0 Å². The summed E-state index contributed by atoms with van der Waals surface area (Å²) in [5, 5.41) is 3.35. The number of carbonyl (C=O) groups is 1. The molecule has 3 rings (SSSR count). The van der Waals surface area contributed by atoms with Crippen molar-refractivity contribution in [2.45, 2.75) is 31.4 Å². The molecular formula is C13H17N3O3. The normalized spacial score (nSPS) is 26.2. The van der Waals surface area contributed by atoms with Crippen LogP contribution in [0.3, 0.4) is 0 Å². The highest BCUT2D eigenvalue weighted by Crippen LogP contribution is 2.39. The lowest BCUT2D eigenvalue weighted by molar-refractivity contribution is 0.0587. The first-order valence-corrected chi connectivity index (χ1v) is 6.57. The predicted molar refractivity (Wildman–Crippen MR) is 67.9 cm³/mol. The average molecular weight is 263 g/mol. The Hall–Kier alpha value is -1.69. The van der Waals surface area contributed by atoms with E-state index in [-0.39, 0.29) is 18.0 Å². The summed E-state index contributed by atoms with van der Waals surface area (Å²) in [7, 11) is 1.32. The van der Waals surface area contributed by atoms with E-state index in [0.717, 1.165) is 13.0 Å². The maximum Gasteiger partial charge on any atom is 0.376 e. The SMILES string of the molecule is COC(=O)c1nccc(NC2CCOC2C2CC2)n1. The van der Waals surface area contributed by atoms with E-state index in [4.69, 9.17) is 4.74 Å². The van der Waals surface area contributed by atoms with Gasteiger partial charge in [0.05, 0.1) is 19.3 Å². The maximum absolute atomic E-state index is 11.4. The van der Waals surface area contributed by atoms with Gasteiger partial charge in [-0.05, 0) is 31.2 Å². The third kappa shape index (κ3) is 2.68. The van der Waals surface area contributed by atoms with Gasteiger partial charge in [0.1, 0.15) is 5.82 Å². The molecule has 102 valence electrons. The summed E-state index contributed by atoms with van der Waals surface area (Å²) in [6.45, 7) is 0.785. The molecule has 0 radical (unpaired) electrons. The Balaban J connectivity index is 1.70. The van der Waals surface area contributed by atoms with Gasteiger partial charge in [0.2, 0.25) is 5.82 Å². The lowest BCUT2D eigenvalue weighted by Gasteiger charge is -2.19. The van der Waals surface area contributed by atoms with E-state index in [9.17, 15) is 4.79 Å². The van der Waals surface area contributed by atoms with Crippen molar-refractivity contribution in [3.8, 4) is 0 Å². The van der Waals surface area contributed by atoms with Gasteiger partial charge in [-0.3, -0.25) is 0 Å². The van der Waals surface area contributed by atoms with Gasteiger partial charge in [0.15, 0.2) is 0 Å². The largest absolute Gasteiger partial charge is 0.463 e. The highest BCUT2D eigenvalue weighted by molar-refractivity contribution is 5.85. The van der Waals surface area contributed by atoms with Crippen LogP contribution in [-0.4, -0.2) is 41.8 Å². The molecule has 19 heavy (non-hydrogen) atoms. The number of ether oxygens (including phenoxy) is 2. The molecule has 1 N–H and O–H groups in total. The molecule has 2 aliphatic rings. The van der Waals surface area contributed by atoms with Crippen molar-refractivity contribution in [1.29, 1.82) is 0 Å². The summed E-state index contributed by atoms with van der Waals surface area (Å²) in [6, 6.07) is 2.03. The van der Waals surface area contributed by atoms with E-state index in [1.165, 1.54) is 20.0 Å². The third-order valence-electron chi connectivity index (χ3n) is 3.58. The molecule has 1 aliphatic carbocycles. The second-order valence-electron chi connectivity index (χ2n) is 4.97. The fourth-order valence-corrected chi connectivity index (χ4v) is 2.47. The van der Waals surface area contributed by atoms with Crippen LogP contribution in [0.1, 0.15) is 29.9 Å². The van der Waals surface area contributed by atoms with Crippen LogP contribution in [0.2, 0.25) is 0 Å². The molecule has 0 amide bonds. The van der Waals surface area contributed by atoms with E-state index in [2.05, 4.69) is 20.0 Å². The molecule has 1 aromatic heterocycles. The number of esters is 1. The smallest absolute Gasteiger partial charge is 0.376 e. The highest BCUT2D eigenvalue weighted by atomic mass is 16.5. The highest BCUT2D eigenvalue weighted by Gasteiger charge is 2.40. The first kappa shape index (κ1) is 12.3. The van der Waals surface area contributed by atoms with Crippen molar-refractivity contribution in [2.75, 3.05) is 19.0 Å². The van der Waals surface area contributed by atoms with Gasteiger partial charge in [0, 0.05) is 12.8 Å². The van der Waals surface area contributed by atoms with E-state index < -0.39 is 5.97 Å². The minimum absolute atomic E-state index is 0.0781. The number of anilines is 1. The number of hydrogen-bond donors (Lipinski definition) is 1. The van der Waals surface area contributed by atoms with Crippen molar-refractivity contribution in [2.24, 2.45) is 5.92 Å². The van der Waals surface area contributed by atoms with Crippen molar-refractivity contribution < 1.29 is 14.3 Å². The van der Waals surface area contributed by atoms with E-state index in [1.807, 2.05) is 0 Å². The molecule has 6 nitrogen and oxygen atoms in total. The van der Waals surface area contributed by atoms with Crippen LogP contribution in [0.15, 0.2) is 12.3 Å². The second kappa shape index (κ2) is 5.13. The zero-order chi connectivity index (χ0) is 13.2.